The van der Waals surface area contributed by atoms with Crippen molar-refractivity contribution in [3.8, 4) is 0 Å². The number of likely N-dealkylation sites (N-methyl/N-ethyl adjacent to an activating group) is 1. The van der Waals surface area contributed by atoms with Gasteiger partial charge in [0, 0.05) is 24.0 Å². The molecule has 2 rings (SSSR count). The second kappa shape index (κ2) is 7.07. The van der Waals surface area contributed by atoms with Crippen LogP contribution in [0.4, 0.5) is 0 Å². The quantitative estimate of drug-likeness (QED) is 0.782. The molecule has 0 spiro atoms. The van der Waals surface area contributed by atoms with Crippen molar-refractivity contribution < 1.29 is 0 Å². The molecule has 0 aliphatic rings. The molecule has 1 N–H and O–H groups in total. The first-order chi connectivity index (χ1) is 9.93. The van der Waals surface area contributed by atoms with E-state index in [1.54, 1.807) is 0 Å². The third-order valence-electron chi connectivity index (χ3n) is 3.72. The van der Waals surface area contributed by atoms with E-state index in [9.17, 15) is 0 Å². The van der Waals surface area contributed by atoms with Crippen LogP contribution in [0.1, 0.15) is 35.5 Å². The second-order valence-corrected chi connectivity index (χ2v) is 6.99. The minimum Gasteiger partial charge on any atom is -0.310 e. The van der Waals surface area contributed by atoms with Crippen LogP contribution in [0.5, 0.6) is 0 Å². The van der Waals surface area contributed by atoms with E-state index >= 15 is 0 Å². The predicted molar refractivity (Wildman–Crippen MR) is 94.6 cm³/mol. The van der Waals surface area contributed by atoms with Gasteiger partial charge in [-0.15, -0.1) is 0 Å². The van der Waals surface area contributed by atoms with Crippen molar-refractivity contribution in [2.75, 3.05) is 6.54 Å². The van der Waals surface area contributed by atoms with Gasteiger partial charge in [0.15, 0.2) is 0 Å². The summed E-state index contributed by atoms with van der Waals surface area (Å²) in [5.74, 6) is 0. The Hall–Kier alpha value is -0.650. The lowest BCUT2D eigenvalue weighted by atomic mass is 9.97. The Balaban J connectivity index is 2.35. The summed E-state index contributed by atoms with van der Waals surface area (Å²) in [6.45, 7) is 7.27. The molecule has 0 radical (unpaired) electrons. The van der Waals surface area contributed by atoms with Crippen molar-refractivity contribution in [2.45, 2.75) is 33.2 Å². The number of nitrogens with zero attached hydrogens (tertiary/aromatic N) is 2. The Labute approximate surface area is 143 Å². The summed E-state index contributed by atoms with van der Waals surface area (Å²) >= 11 is 7.20. The Kier molecular flexibility index (Phi) is 5.63. The molecule has 0 amide bonds. The molecule has 1 aromatic carbocycles. The van der Waals surface area contributed by atoms with E-state index < -0.39 is 0 Å². The van der Waals surface area contributed by atoms with Gasteiger partial charge < -0.3 is 5.32 Å². The largest absolute Gasteiger partial charge is 0.310 e. The van der Waals surface area contributed by atoms with Crippen molar-refractivity contribution in [1.82, 2.24) is 15.1 Å². The van der Waals surface area contributed by atoms with Gasteiger partial charge in [-0.2, -0.15) is 5.10 Å². The van der Waals surface area contributed by atoms with Crippen molar-refractivity contribution in [1.29, 1.82) is 0 Å². The standard InChI is InChI=1S/C16H21Br2N3/c1-5-19-14(13-7-6-12(17)8-10(13)2)9-15-16(18)11(3)20-21(15)4/h6-8,14,19H,5,9H2,1-4H3. The Morgan fingerprint density at radius 2 is 2.00 bits per heavy atom. The van der Waals surface area contributed by atoms with Gasteiger partial charge in [-0.1, -0.05) is 28.9 Å². The van der Waals surface area contributed by atoms with E-state index in [1.807, 2.05) is 18.7 Å². The smallest absolute Gasteiger partial charge is 0.0738 e. The van der Waals surface area contributed by atoms with Crippen LogP contribution in [-0.2, 0) is 13.5 Å². The van der Waals surface area contributed by atoms with Crippen LogP contribution < -0.4 is 5.32 Å². The summed E-state index contributed by atoms with van der Waals surface area (Å²) < 4.78 is 4.21. The Morgan fingerprint density at radius 3 is 2.52 bits per heavy atom. The molecule has 1 heterocycles. The molecule has 0 aliphatic heterocycles. The molecule has 1 atom stereocenters. The van der Waals surface area contributed by atoms with Crippen LogP contribution in [0, 0.1) is 13.8 Å². The molecule has 3 nitrogen and oxygen atoms in total. The number of benzene rings is 1. The zero-order valence-corrected chi connectivity index (χ0v) is 16.0. The summed E-state index contributed by atoms with van der Waals surface area (Å²) in [5.41, 5.74) is 4.90. The third kappa shape index (κ3) is 3.76. The zero-order chi connectivity index (χ0) is 15.6. The predicted octanol–water partition coefficient (Wildman–Crippen LogP) is 4.46. The van der Waals surface area contributed by atoms with Gasteiger partial charge in [-0.25, -0.2) is 0 Å². The number of aryl methyl sites for hydroxylation is 3. The zero-order valence-electron chi connectivity index (χ0n) is 12.9. The van der Waals surface area contributed by atoms with E-state index in [1.165, 1.54) is 16.8 Å². The molecule has 0 bridgehead atoms. The van der Waals surface area contributed by atoms with Gasteiger partial charge in [-0.05, 0) is 59.6 Å². The normalized spacial score (nSPS) is 12.7. The average molecular weight is 415 g/mol. The fraction of sp³-hybridized carbons (Fsp3) is 0.438. The van der Waals surface area contributed by atoms with Gasteiger partial charge in [0.25, 0.3) is 0 Å². The number of hydrogen-bond donors (Lipinski definition) is 1. The molecular formula is C16H21Br2N3. The first kappa shape index (κ1) is 16.7. The number of hydrogen-bond acceptors (Lipinski definition) is 2. The maximum Gasteiger partial charge on any atom is 0.0738 e. The van der Waals surface area contributed by atoms with Crippen LogP contribution in [0.25, 0.3) is 0 Å². The molecule has 21 heavy (non-hydrogen) atoms. The van der Waals surface area contributed by atoms with Crippen LogP contribution in [0.3, 0.4) is 0 Å². The molecule has 0 fully saturated rings. The monoisotopic (exact) mass is 413 g/mol. The van der Waals surface area contributed by atoms with Gasteiger partial charge in [0.1, 0.15) is 0 Å². The lowest BCUT2D eigenvalue weighted by molar-refractivity contribution is 0.525. The molecule has 0 saturated heterocycles. The Bertz CT molecular complexity index is 635. The molecule has 1 aromatic heterocycles. The first-order valence-corrected chi connectivity index (χ1v) is 8.70. The third-order valence-corrected chi connectivity index (χ3v) is 5.24. The van der Waals surface area contributed by atoms with Gasteiger partial charge in [-0.3, -0.25) is 4.68 Å². The van der Waals surface area contributed by atoms with Crippen molar-refractivity contribution in [2.24, 2.45) is 7.05 Å². The van der Waals surface area contributed by atoms with Gasteiger partial charge >= 0.3 is 0 Å². The van der Waals surface area contributed by atoms with E-state index in [2.05, 4.69) is 74.3 Å². The van der Waals surface area contributed by atoms with Crippen LogP contribution in [-0.4, -0.2) is 16.3 Å². The van der Waals surface area contributed by atoms with E-state index in [-0.39, 0.29) is 6.04 Å². The van der Waals surface area contributed by atoms with E-state index in [0.29, 0.717) is 0 Å². The fourth-order valence-corrected chi connectivity index (χ4v) is 3.64. The van der Waals surface area contributed by atoms with Crippen molar-refractivity contribution >= 4 is 31.9 Å². The molecule has 1 unspecified atom stereocenters. The molecule has 0 aliphatic carbocycles. The second-order valence-electron chi connectivity index (χ2n) is 5.28. The highest BCUT2D eigenvalue weighted by atomic mass is 79.9. The van der Waals surface area contributed by atoms with Crippen molar-refractivity contribution in [3.05, 3.63) is 49.7 Å². The first-order valence-electron chi connectivity index (χ1n) is 7.11. The van der Waals surface area contributed by atoms with Gasteiger partial charge in [0.05, 0.1) is 15.9 Å². The highest BCUT2D eigenvalue weighted by molar-refractivity contribution is 9.10. The highest BCUT2D eigenvalue weighted by Crippen LogP contribution is 2.28. The molecule has 5 heteroatoms. The number of nitrogens with one attached hydrogen (secondary N) is 1. The average Bonchev–Trinajstić information content (AvgIpc) is 2.65. The Morgan fingerprint density at radius 1 is 1.29 bits per heavy atom. The van der Waals surface area contributed by atoms with Gasteiger partial charge in [0.2, 0.25) is 0 Å². The number of rotatable bonds is 5. The summed E-state index contributed by atoms with van der Waals surface area (Å²) in [4.78, 5) is 0. The molecule has 0 saturated carbocycles. The molecular weight excluding hydrogens is 394 g/mol. The lowest BCUT2D eigenvalue weighted by Crippen LogP contribution is -2.24. The number of halogens is 2. The molecule has 114 valence electrons. The highest BCUT2D eigenvalue weighted by Gasteiger charge is 2.19. The van der Waals surface area contributed by atoms with E-state index in [0.717, 1.165) is 27.6 Å². The minimum absolute atomic E-state index is 0.286. The molecule has 2 aromatic rings. The summed E-state index contributed by atoms with van der Waals surface area (Å²) in [5, 5.41) is 8.08. The van der Waals surface area contributed by atoms with Crippen LogP contribution in [0.15, 0.2) is 27.1 Å². The topological polar surface area (TPSA) is 29.9 Å². The minimum atomic E-state index is 0.286. The maximum atomic E-state index is 4.49. The lowest BCUT2D eigenvalue weighted by Gasteiger charge is -2.21. The van der Waals surface area contributed by atoms with Crippen molar-refractivity contribution in [3.63, 3.8) is 0 Å². The summed E-state index contributed by atoms with van der Waals surface area (Å²) in [6.07, 6.45) is 0.911. The van der Waals surface area contributed by atoms with Crippen LogP contribution in [0.2, 0.25) is 0 Å². The number of aromatic nitrogens is 2. The summed E-state index contributed by atoms with van der Waals surface area (Å²) in [6, 6.07) is 6.76. The SMILES string of the molecule is CCNC(Cc1c(Br)c(C)nn1C)c1ccc(Br)cc1C. The van der Waals surface area contributed by atoms with E-state index in [4.69, 9.17) is 0 Å². The van der Waals surface area contributed by atoms with Crippen LogP contribution >= 0.6 is 31.9 Å². The fourth-order valence-electron chi connectivity index (χ4n) is 2.66. The maximum absolute atomic E-state index is 4.49. The summed E-state index contributed by atoms with van der Waals surface area (Å²) in [7, 11) is 2.00.